The van der Waals surface area contributed by atoms with Crippen molar-refractivity contribution in [2.45, 2.75) is 38.6 Å². The van der Waals surface area contributed by atoms with Crippen LogP contribution in [0.25, 0.3) is 5.65 Å². The molecule has 0 spiro atoms. The fourth-order valence-corrected chi connectivity index (χ4v) is 3.43. The maximum Gasteiger partial charge on any atom is 0.273 e. The van der Waals surface area contributed by atoms with E-state index in [2.05, 4.69) is 4.98 Å². The van der Waals surface area contributed by atoms with Crippen molar-refractivity contribution in [1.82, 2.24) is 14.3 Å². The van der Waals surface area contributed by atoms with Crippen LogP contribution in [0.3, 0.4) is 0 Å². The summed E-state index contributed by atoms with van der Waals surface area (Å²) >= 11 is 0. The number of carbonyl (C=O) groups excluding carboxylic acids is 1. The van der Waals surface area contributed by atoms with Gasteiger partial charge in [0.25, 0.3) is 5.91 Å². The second-order valence-electron chi connectivity index (χ2n) is 5.98. The monoisotopic (exact) mass is 317 g/mol. The fraction of sp³-hybridized carbons (Fsp3) is 0.529. The number of likely N-dealkylation sites (tertiary alicyclic amines) is 1. The van der Waals surface area contributed by atoms with E-state index in [9.17, 15) is 9.90 Å². The number of ether oxygens (including phenoxy) is 1. The Labute approximate surface area is 135 Å². The molecule has 1 amide bonds. The quantitative estimate of drug-likeness (QED) is 0.937. The summed E-state index contributed by atoms with van der Waals surface area (Å²) in [6.45, 7) is 2.69. The fourth-order valence-electron chi connectivity index (χ4n) is 3.43. The van der Waals surface area contributed by atoms with Crippen molar-refractivity contribution in [3.05, 3.63) is 29.7 Å². The largest absolute Gasteiger partial charge is 0.493 e. The van der Waals surface area contributed by atoms with Crippen LogP contribution in [0.4, 0.5) is 0 Å². The van der Waals surface area contributed by atoms with E-state index in [4.69, 9.17) is 4.74 Å². The lowest BCUT2D eigenvalue weighted by Gasteiger charge is -2.35. The van der Waals surface area contributed by atoms with Gasteiger partial charge in [-0.1, -0.05) is 0 Å². The van der Waals surface area contributed by atoms with E-state index < -0.39 is 0 Å². The molecule has 0 aromatic carbocycles. The van der Waals surface area contributed by atoms with Crippen LogP contribution >= 0.6 is 0 Å². The highest BCUT2D eigenvalue weighted by Crippen LogP contribution is 2.26. The third-order valence-electron chi connectivity index (χ3n) is 4.56. The first kappa shape index (κ1) is 15.8. The molecule has 3 rings (SSSR count). The third kappa shape index (κ3) is 2.79. The predicted octanol–water partition coefficient (Wildman–Crippen LogP) is 2.03. The zero-order valence-corrected chi connectivity index (χ0v) is 13.7. The van der Waals surface area contributed by atoms with E-state index in [0.29, 0.717) is 29.2 Å². The zero-order valence-electron chi connectivity index (χ0n) is 13.7. The van der Waals surface area contributed by atoms with Crippen LogP contribution in [0.15, 0.2) is 18.3 Å². The number of aromatic nitrogens is 2. The van der Waals surface area contributed by atoms with E-state index in [0.717, 1.165) is 25.8 Å². The van der Waals surface area contributed by atoms with E-state index in [-0.39, 0.29) is 18.6 Å². The van der Waals surface area contributed by atoms with Crippen LogP contribution in [0.1, 0.15) is 41.9 Å². The van der Waals surface area contributed by atoms with Gasteiger partial charge in [0.1, 0.15) is 5.69 Å². The second kappa shape index (κ2) is 6.58. The van der Waals surface area contributed by atoms with Crippen molar-refractivity contribution in [3.8, 4) is 5.75 Å². The van der Waals surface area contributed by atoms with Gasteiger partial charge in [-0.3, -0.25) is 9.20 Å². The number of rotatable bonds is 4. The number of fused-ring (bicyclic) bond motifs is 1. The third-order valence-corrected chi connectivity index (χ3v) is 4.56. The predicted molar refractivity (Wildman–Crippen MR) is 86.9 cm³/mol. The second-order valence-corrected chi connectivity index (χ2v) is 5.98. The molecular weight excluding hydrogens is 294 g/mol. The Morgan fingerprint density at radius 3 is 3.04 bits per heavy atom. The summed E-state index contributed by atoms with van der Waals surface area (Å²) in [5, 5.41) is 9.27. The smallest absolute Gasteiger partial charge is 0.273 e. The average Bonchev–Trinajstić information content (AvgIpc) is 2.91. The maximum absolute atomic E-state index is 13.1. The van der Waals surface area contributed by atoms with Gasteiger partial charge in [0.15, 0.2) is 11.4 Å². The first-order chi connectivity index (χ1) is 11.2. The van der Waals surface area contributed by atoms with Crippen LogP contribution in [0.2, 0.25) is 0 Å². The van der Waals surface area contributed by atoms with Crippen LogP contribution in [-0.4, -0.2) is 51.6 Å². The molecule has 0 aliphatic carbocycles. The van der Waals surface area contributed by atoms with E-state index >= 15 is 0 Å². The van der Waals surface area contributed by atoms with Crippen molar-refractivity contribution >= 4 is 11.6 Å². The number of piperidine rings is 1. The molecule has 1 saturated heterocycles. The molecule has 1 unspecified atom stereocenters. The Hall–Kier alpha value is -2.08. The number of aliphatic hydroxyl groups is 1. The summed E-state index contributed by atoms with van der Waals surface area (Å²) in [5.41, 5.74) is 1.95. The first-order valence-electron chi connectivity index (χ1n) is 8.11. The Morgan fingerprint density at radius 2 is 2.30 bits per heavy atom. The van der Waals surface area contributed by atoms with Gasteiger partial charge in [0.05, 0.1) is 12.8 Å². The highest BCUT2D eigenvalue weighted by Gasteiger charge is 2.30. The Morgan fingerprint density at radius 1 is 1.48 bits per heavy atom. The van der Waals surface area contributed by atoms with Crippen molar-refractivity contribution in [2.75, 3.05) is 20.3 Å². The number of methoxy groups -OCH3 is 1. The van der Waals surface area contributed by atoms with Gasteiger partial charge >= 0.3 is 0 Å². The molecule has 1 fully saturated rings. The molecule has 23 heavy (non-hydrogen) atoms. The number of nitrogens with zero attached hydrogens (tertiary/aromatic N) is 3. The van der Waals surface area contributed by atoms with Crippen LogP contribution in [0, 0.1) is 6.92 Å². The molecule has 6 heteroatoms. The lowest BCUT2D eigenvalue weighted by molar-refractivity contribution is 0.0567. The summed E-state index contributed by atoms with van der Waals surface area (Å²) in [6, 6.07) is 3.80. The van der Waals surface area contributed by atoms with Crippen molar-refractivity contribution < 1.29 is 14.6 Å². The van der Waals surface area contributed by atoms with Crippen LogP contribution in [-0.2, 0) is 0 Å². The van der Waals surface area contributed by atoms with Gasteiger partial charge in [-0.15, -0.1) is 0 Å². The highest BCUT2D eigenvalue weighted by atomic mass is 16.5. The van der Waals surface area contributed by atoms with Crippen LogP contribution < -0.4 is 4.74 Å². The van der Waals surface area contributed by atoms with Gasteiger partial charge in [-0.25, -0.2) is 4.98 Å². The zero-order chi connectivity index (χ0) is 16.4. The molecule has 1 N–H and O–H groups in total. The first-order valence-corrected chi connectivity index (χ1v) is 8.11. The summed E-state index contributed by atoms with van der Waals surface area (Å²) in [4.78, 5) is 19.5. The Balaban J connectivity index is 2.01. The van der Waals surface area contributed by atoms with Crippen molar-refractivity contribution in [3.63, 3.8) is 0 Å². The standard InChI is InChI=1S/C17H23N3O3/c1-12-15(20-10-5-7-14(23-2)16(20)18-12)17(22)19-9-4-3-6-13(19)8-11-21/h5,7,10,13,21H,3-4,6,8-9,11H2,1-2H3. The molecule has 1 atom stereocenters. The van der Waals surface area contributed by atoms with Gasteiger partial charge in [-0.05, 0) is 44.7 Å². The number of aliphatic hydroxyl groups excluding tert-OH is 1. The van der Waals surface area contributed by atoms with Crippen molar-refractivity contribution in [1.29, 1.82) is 0 Å². The molecule has 2 aromatic heterocycles. The lowest BCUT2D eigenvalue weighted by Crippen LogP contribution is -2.44. The molecule has 0 saturated carbocycles. The number of hydrogen-bond acceptors (Lipinski definition) is 4. The molecule has 124 valence electrons. The minimum atomic E-state index is -0.0126. The lowest BCUT2D eigenvalue weighted by atomic mass is 9.99. The van der Waals surface area contributed by atoms with E-state index in [1.54, 1.807) is 11.5 Å². The molecular formula is C17H23N3O3. The molecule has 0 radical (unpaired) electrons. The summed E-state index contributed by atoms with van der Waals surface area (Å²) < 4.78 is 7.15. The number of imidazole rings is 1. The van der Waals surface area contributed by atoms with E-state index in [1.165, 1.54) is 0 Å². The van der Waals surface area contributed by atoms with E-state index in [1.807, 2.05) is 30.2 Å². The van der Waals surface area contributed by atoms with Gasteiger partial charge in [0.2, 0.25) is 0 Å². The summed E-state index contributed by atoms with van der Waals surface area (Å²) in [7, 11) is 1.60. The highest BCUT2D eigenvalue weighted by molar-refractivity contribution is 5.95. The molecule has 3 heterocycles. The van der Waals surface area contributed by atoms with Crippen molar-refractivity contribution in [2.24, 2.45) is 0 Å². The number of amides is 1. The molecule has 2 aromatic rings. The SMILES string of the molecule is COc1cccn2c(C(=O)N3CCCCC3CCO)c(C)nc12. The summed E-state index contributed by atoms with van der Waals surface area (Å²) in [6.07, 6.45) is 5.54. The number of aryl methyl sites for hydroxylation is 1. The number of pyridine rings is 1. The number of hydrogen-bond donors (Lipinski definition) is 1. The van der Waals surface area contributed by atoms with Gasteiger partial charge in [-0.2, -0.15) is 0 Å². The average molecular weight is 317 g/mol. The minimum Gasteiger partial charge on any atom is -0.493 e. The number of carbonyl (C=O) groups is 1. The Kier molecular flexibility index (Phi) is 4.52. The maximum atomic E-state index is 13.1. The molecule has 1 aliphatic rings. The topological polar surface area (TPSA) is 67.1 Å². The Bertz CT molecular complexity index is 708. The minimum absolute atomic E-state index is 0.0126. The molecule has 6 nitrogen and oxygen atoms in total. The normalized spacial score (nSPS) is 18.4. The van der Waals surface area contributed by atoms with Crippen LogP contribution in [0.5, 0.6) is 5.75 Å². The molecule has 0 bridgehead atoms. The van der Waals surface area contributed by atoms with Gasteiger partial charge < -0.3 is 14.7 Å². The summed E-state index contributed by atoms with van der Waals surface area (Å²) in [5.74, 6) is 0.640. The molecule has 1 aliphatic heterocycles. The van der Waals surface area contributed by atoms with Gasteiger partial charge in [0, 0.05) is 25.4 Å².